The Balaban J connectivity index is 2.41. The van der Waals surface area contributed by atoms with Crippen LogP contribution in [0.2, 0.25) is 0 Å². The molecular weight excluding hydrogens is 142 g/mol. The van der Waals surface area contributed by atoms with Crippen LogP contribution >= 0.6 is 0 Å². The van der Waals surface area contributed by atoms with Gasteiger partial charge in [0.05, 0.1) is 5.71 Å². The van der Waals surface area contributed by atoms with E-state index in [0.717, 1.165) is 37.8 Å². The third-order valence-electron chi connectivity index (χ3n) is 1.69. The lowest BCUT2D eigenvalue weighted by Gasteiger charge is -2.10. The number of carbonyl (C=O) groups excluding carboxylic acids is 1. The number of hydrogen-bond acceptors (Lipinski definition) is 3. The van der Waals surface area contributed by atoms with Crippen molar-refractivity contribution in [3.63, 3.8) is 0 Å². The summed E-state index contributed by atoms with van der Waals surface area (Å²) in [5.74, 6) is -1.25. The van der Waals surface area contributed by atoms with Crippen LogP contribution in [-0.2, 0) is 9.63 Å². The minimum Gasteiger partial charge on any atom is -0.319 e. The zero-order chi connectivity index (χ0) is 10.6. The van der Waals surface area contributed by atoms with Gasteiger partial charge in [0, 0.05) is 11.0 Å². The molecule has 0 spiro atoms. The first-order chi connectivity index (χ1) is 6.50. The van der Waals surface area contributed by atoms with Crippen molar-refractivity contribution in [2.45, 2.75) is 39.0 Å². The standard InChI is InChI=1S/C8H13NO2/c1-7(10)11-9-8-5-3-2-4-6-8/h2-6H2,1H3/i1D3. The fourth-order valence-corrected chi connectivity index (χ4v) is 1.16. The lowest BCUT2D eigenvalue weighted by molar-refractivity contribution is -0.141. The molecule has 0 aliphatic heterocycles. The fourth-order valence-electron chi connectivity index (χ4n) is 1.16. The molecule has 0 unspecified atom stereocenters. The Morgan fingerprint density at radius 2 is 2.27 bits per heavy atom. The van der Waals surface area contributed by atoms with E-state index in [1.807, 2.05) is 0 Å². The minimum absolute atomic E-state index is 0.786. The number of carbonyl (C=O) groups is 1. The van der Waals surface area contributed by atoms with E-state index < -0.39 is 12.8 Å². The van der Waals surface area contributed by atoms with Crippen LogP contribution in [0.25, 0.3) is 0 Å². The van der Waals surface area contributed by atoms with E-state index in [-0.39, 0.29) is 0 Å². The molecule has 0 aromatic heterocycles. The third-order valence-corrected chi connectivity index (χ3v) is 1.69. The van der Waals surface area contributed by atoms with E-state index in [9.17, 15) is 4.79 Å². The van der Waals surface area contributed by atoms with Crippen LogP contribution in [0.15, 0.2) is 5.16 Å². The topological polar surface area (TPSA) is 38.7 Å². The summed E-state index contributed by atoms with van der Waals surface area (Å²) >= 11 is 0. The number of hydrogen-bond donors (Lipinski definition) is 0. The molecule has 0 saturated heterocycles. The first-order valence-corrected chi connectivity index (χ1v) is 3.77. The summed E-state index contributed by atoms with van der Waals surface area (Å²) in [6.07, 6.45) is 4.82. The van der Waals surface area contributed by atoms with Gasteiger partial charge in [-0.25, -0.2) is 4.79 Å². The monoisotopic (exact) mass is 158 g/mol. The van der Waals surface area contributed by atoms with Gasteiger partial charge in [0.25, 0.3) is 0 Å². The molecule has 0 radical (unpaired) electrons. The third kappa shape index (κ3) is 3.16. The van der Waals surface area contributed by atoms with Crippen molar-refractivity contribution < 1.29 is 13.7 Å². The molecule has 1 fully saturated rings. The average Bonchev–Trinajstić information content (AvgIpc) is 2.14. The van der Waals surface area contributed by atoms with Gasteiger partial charge in [-0.15, -0.1) is 0 Å². The van der Waals surface area contributed by atoms with Gasteiger partial charge in [0.1, 0.15) is 0 Å². The maximum absolute atomic E-state index is 10.8. The van der Waals surface area contributed by atoms with Crippen molar-refractivity contribution in [3.8, 4) is 0 Å². The molecule has 0 N–H and O–H groups in total. The van der Waals surface area contributed by atoms with Crippen molar-refractivity contribution in [3.05, 3.63) is 0 Å². The molecule has 11 heavy (non-hydrogen) atoms. The van der Waals surface area contributed by atoms with E-state index in [0.29, 0.717) is 0 Å². The highest BCUT2D eigenvalue weighted by molar-refractivity contribution is 5.85. The molecule has 0 atom stereocenters. The van der Waals surface area contributed by atoms with E-state index in [1.165, 1.54) is 0 Å². The number of nitrogens with zero attached hydrogens (tertiary/aromatic N) is 1. The second kappa shape index (κ2) is 4.11. The highest BCUT2D eigenvalue weighted by atomic mass is 16.7. The van der Waals surface area contributed by atoms with Gasteiger partial charge in [-0.2, -0.15) is 0 Å². The quantitative estimate of drug-likeness (QED) is 0.431. The number of rotatable bonds is 1. The maximum Gasteiger partial charge on any atom is 0.331 e. The zero-order valence-electron chi connectivity index (χ0n) is 9.30. The van der Waals surface area contributed by atoms with E-state index in [1.54, 1.807) is 0 Å². The van der Waals surface area contributed by atoms with Crippen LogP contribution in [0, 0.1) is 0 Å². The van der Waals surface area contributed by atoms with Crippen molar-refractivity contribution in [2.75, 3.05) is 0 Å². The van der Waals surface area contributed by atoms with Crippen LogP contribution in [0.4, 0.5) is 0 Å². The molecule has 62 valence electrons. The number of oxime groups is 1. The van der Waals surface area contributed by atoms with Gasteiger partial charge in [-0.1, -0.05) is 11.6 Å². The Bertz CT molecular complexity index is 239. The first kappa shape index (κ1) is 4.91. The molecule has 1 aliphatic rings. The highest BCUT2D eigenvalue weighted by Gasteiger charge is 2.07. The minimum atomic E-state index is -2.71. The Labute approximate surface area is 70.6 Å². The molecule has 1 aliphatic carbocycles. The molecule has 1 saturated carbocycles. The summed E-state index contributed by atoms with van der Waals surface area (Å²) in [6.45, 7) is -2.71. The molecule has 0 aromatic rings. The Hall–Kier alpha value is -0.860. The first-order valence-electron chi connectivity index (χ1n) is 5.27. The predicted octanol–water partition coefficient (Wildman–Crippen LogP) is 1.87. The summed E-state index contributed by atoms with van der Waals surface area (Å²) in [4.78, 5) is 15.1. The Morgan fingerprint density at radius 1 is 1.55 bits per heavy atom. The van der Waals surface area contributed by atoms with Crippen molar-refractivity contribution in [2.24, 2.45) is 5.16 Å². The van der Waals surface area contributed by atoms with Gasteiger partial charge in [0.15, 0.2) is 0 Å². The molecule has 1 rings (SSSR count). The van der Waals surface area contributed by atoms with Gasteiger partial charge >= 0.3 is 5.97 Å². The summed E-state index contributed by atoms with van der Waals surface area (Å²) in [7, 11) is 0. The highest BCUT2D eigenvalue weighted by Crippen LogP contribution is 2.14. The molecule has 0 amide bonds. The fraction of sp³-hybridized carbons (Fsp3) is 0.750. The van der Waals surface area contributed by atoms with Crippen LogP contribution in [-0.4, -0.2) is 11.7 Å². The van der Waals surface area contributed by atoms with Crippen LogP contribution in [0.5, 0.6) is 0 Å². The maximum atomic E-state index is 10.8. The Morgan fingerprint density at radius 3 is 2.91 bits per heavy atom. The normalized spacial score (nSPS) is 22.9. The summed E-state index contributed by atoms with van der Waals surface area (Å²) < 4.78 is 20.2. The second-order valence-electron chi connectivity index (χ2n) is 2.60. The van der Waals surface area contributed by atoms with E-state index in [2.05, 4.69) is 9.99 Å². The molecule has 3 nitrogen and oxygen atoms in total. The molecule has 0 bridgehead atoms. The SMILES string of the molecule is [2H]C([2H])([2H])C(=O)ON=C1CCCCC1. The van der Waals surface area contributed by atoms with Gasteiger partial charge in [-0.05, 0) is 25.7 Å². The molecule has 3 heteroatoms. The average molecular weight is 158 g/mol. The van der Waals surface area contributed by atoms with Gasteiger partial charge in [-0.3, -0.25) is 0 Å². The van der Waals surface area contributed by atoms with Crippen molar-refractivity contribution >= 4 is 11.7 Å². The smallest absolute Gasteiger partial charge is 0.319 e. The molecule has 0 heterocycles. The van der Waals surface area contributed by atoms with Gasteiger partial charge in [0.2, 0.25) is 0 Å². The van der Waals surface area contributed by atoms with Crippen molar-refractivity contribution in [1.29, 1.82) is 0 Å². The summed E-state index contributed by atoms with van der Waals surface area (Å²) in [5.41, 5.74) is 0.786. The van der Waals surface area contributed by atoms with E-state index in [4.69, 9.17) is 4.11 Å². The van der Waals surface area contributed by atoms with Crippen LogP contribution < -0.4 is 0 Å². The van der Waals surface area contributed by atoms with Crippen molar-refractivity contribution in [1.82, 2.24) is 0 Å². The van der Waals surface area contributed by atoms with E-state index >= 15 is 0 Å². The lowest BCUT2D eigenvalue weighted by Crippen LogP contribution is -2.06. The zero-order valence-corrected chi connectivity index (χ0v) is 6.30. The van der Waals surface area contributed by atoms with Crippen LogP contribution in [0.1, 0.15) is 43.1 Å². The second-order valence-corrected chi connectivity index (χ2v) is 2.60. The molecule has 0 aromatic carbocycles. The Kier molecular flexibility index (Phi) is 1.83. The van der Waals surface area contributed by atoms with Crippen LogP contribution in [0.3, 0.4) is 0 Å². The van der Waals surface area contributed by atoms with Gasteiger partial charge < -0.3 is 4.84 Å². The summed E-state index contributed by atoms with van der Waals surface area (Å²) in [6, 6.07) is 0. The summed E-state index contributed by atoms with van der Waals surface area (Å²) in [5, 5.41) is 3.56. The molecular formula is C8H13NO2. The largest absolute Gasteiger partial charge is 0.331 e. The predicted molar refractivity (Wildman–Crippen MR) is 42.3 cm³/mol. The lowest BCUT2D eigenvalue weighted by atomic mass is 9.99.